The molecule has 1 rings (SSSR count). The molecule has 0 fully saturated rings. The molecular weight excluding hydrogens is 576 g/mol. The van der Waals surface area contributed by atoms with Crippen molar-refractivity contribution in [1.82, 2.24) is 0 Å². The van der Waals surface area contributed by atoms with Gasteiger partial charge in [0, 0.05) is 55.5 Å². The van der Waals surface area contributed by atoms with Gasteiger partial charge < -0.3 is 28.4 Å². The normalized spacial score (nSPS) is 15.2. The van der Waals surface area contributed by atoms with Crippen LogP contribution in [0.3, 0.4) is 0 Å². The van der Waals surface area contributed by atoms with Crippen molar-refractivity contribution in [1.29, 1.82) is 0 Å². The van der Waals surface area contributed by atoms with Crippen LogP contribution in [-0.2, 0) is 39.3 Å². The zero-order chi connectivity index (χ0) is 34.4. The highest BCUT2D eigenvalue weighted by atomic mass is 16.9. The lowest BCUT2D eigenvalue weighted by Crippen LogP contribution is -2.35. The van der Waals surface area contributed by atoms with Crippen LogP contribution < -0.4 is 0 Å². The van der Waals surface area contributed by atoms with Crippen LogP contribution >= 0.6 is 0 Å². The lowest BCUT2D eigenvalue weighted by atomic mass is 9.66. The van der Waals surface area contributed by atoms with Gasteiger partial charge in [0.2, 0.25) is 0 Å². The second-order valence-electron chi connectivity index (χ2n) is 13.9. The molecule has 0 N–H and O–H groups in total. The molecule has 0 aromatic heterocycles. The summed E-state index contributed by atoms with van der Waals surface area (Å²) in [7, 11) is 9.86. The molecule has 0 spiro atoms. The average Bonchev–Trinajstić information content (AvgIpc) is 3.10. The molecule has 0 heterocycles. The Balaban J connectivity index is 2.53. The fourth-order valence-electron chi connectivity index (χ4n) is 7.13. The highest BCUT2D eigenvalue weighted by molar-refractivity contribution is 5.39. The molecule has 2 unspecified atom stereocenters. The highest BCUT2D eigenvalue weighted by Gasteiger charge is 2.34. The Morgan fingerprint density at radius 3 is 0.870 bits per heavy atom. The quantitative estimate of drug-likeness (QED) is 0.0610. The van der Waals surface area contributed by atoms with Crippen molar-refractivity contribution in [3.8, 4) is 0 Å². The van der Waals surface area contributed by atoms with Crippen molar-refractivity contribution in [3.05, 3.63) is 35.4 Å². The molecule has 0 amide bonds. The van der Waals surface area contributed by atoms with Crippen LogP contribution in [0.25, 0.3) is 0 Å². The topological polar surface area (TPSA) is 55.4 Å². The van der Waals surface area contributed by atoms with Crippen LogP contribution in [0.15, 0.2) is 24.3 Å². The average molecular weight is 651 g/mol. The van der Waals surface area contributed by atoms with E-state index in [1.165, 1.54) is 103 Å². The maximum Gasteiger partial charge on any atom is 0.282 e. The van der Waals surface area contributed by atoms with Crippen molar-refractivity contribution in [3.63, 3.8) is 0 Å². The number of hydrogen-bond acceptors (Lipinski definition) is 6. The second kappa shape index (κ2) is 23.4. The summed E-state index contributed by atoms with van der Waals surface area (Å²) in [5.41, 5.74) is 3.64. The number of hydrogen-bond donors (Lipinski definition) is 0. The van der Waals surface area contributed by atoms with Crippen LogP contribution in [0.1, 0.15) is 167 Å². The van der Waals surface area contributed by atoms with Gasteiger partial charge in [-0.3, -0.25) is 0 Å². The van der Waals surface area contributed by atoms with E-state index >= 15 is 0 Å². The molecule has 46 heavy (non-hydrogen) atoms. The lowest BCUT2D eigenvalue weighted by molar-refractivity contribution is -0.355. The first-order chi connectivity index (χ1) is 22.1. The predicted molar refractivity (Wildman–Crippen MR) is 192 cm³/mol. The largest absolute Gasteiger partial charge is 0.331 e. The Kier molecular flexibility index (Phi) is 21.8. The molecule has 270 valence electrons. The van der Waals surface area contributed by atoms with Gasteiger partial charge >= 0.3 is 0 Å². The van der Waals surface area contributed by atoms with E-state index in [0.29, 0.717) is 0 Å². The van der Waals surface area contributed by atoms with Gasteiger partial charge in [-0.2, -0.15) is 0 Å². The van der Waals surface area contributed by atoms with E-state index in [9.17, 15) is 0 Å². The highest BCUT2D eigenvalue weighted by Crippen LogP contribution is 2.43. The minimum atomic E-state index is -0.885. The monoisotopic (exact) mass is 651 g/mol. The van der Waals surface area contributed by atoms with E-state index < -0.39 is 11.9 Å². The second-order valence-corrected chi connectivity index (χ2v) is 13.9. The molecule has 0 aliphatic rings. The first-order valence-electron chi connectivity index (χ1n) is 18.5. The third-order valence-electron chi connectivity index (χ3n) is 11.1. The lowest BCUT2D eigenvalue weighted by Gasteiger charge is -2.38. The molecule has 0 aliphatic carbocycles. The summed E-state index contributed by atoms with van der Waals surface area (Å²) < 4.78 is 32.5. The summed E-state index contributed by atoms with van der Waals surface area (Å²) in [4.78, 5) is 0. The summed E-state index contributed by atoms with van der Waals surface area (Å²) >= 11 is 0. The summed E-state index contributed by atoms with van der Waals surface area (Å²) in [5, 5.41) is 0. The van der Waals surface area contributed by atoms with E-state index in [-0.39, 0.29) is 10.8 Å². The Bertz CT molecular complexity index is 795. The Morgan fingerprint density at radius 2 is 0.630 bits per heavy atom. The molecule has 0 saturated carbocycles. The number of methoxy groups -OCH3 is 6. The standard InChI is InChI=1S/C40H74O6/c1-11-37(3,31-25-19-15-13-17-21-27-33-39(41-5,42-6)43-7)35-29-23-24-30-36(35)38(4,12-2)32-26-20-16-14-18-22-28-34-40(44-8,45-9)46-10/h23-24,29-30H,11-22,25-28,31-34H2,1-10H3. The predicted octanol–water partition coefficient (Wildman–Crippen LogP) is 11.2. The van der Waals surface area contributed by atoms with Gasteiger partial charge in [-0.1, -0.05) is 129 Å². The number of benzene rings is 1. The summed E-state index contributed by atoms with van der Waals surface area (Å²) in [6.07, 6.45) is 23.9. The smallest absolute Gasteiger partial charge is 0.282 e. The van der Waals surface area contributed by atoms with Crippen molar-refractivity contribution in [2.75, 3.05) is 42.7 Å². The third-order valence-corrected chi connectivity index (χ3v) is 11.1. The van der Waals surface area contributed by atoms with Gasteiger partial charge in [-0.15, -0.1) is 0 Å². The maximum atomic E-state index is 5.42. The molecule has 1 aromatic rings. The van der Waals surface area contributed by atoms with Gasteiger partial charge in [0.1, 0.15) is 0 Å². The van der Waals surface area contributed by atoms with Gasteiger partial charge in [0.25, 0.3) is 11.9 Å². The number of ether oxygens (including phenoxy) is 6. The van der Waals surface area contributed by atoms with Gasteiger partial charge in [-0.25, -0.2) is 0 Å². The van der Waals surface area contributed by atoms with E-state index in [1.807, 2.05) is 0 Å². The molecule has 0 bridgehead atoms. The molecule has 0 aliphatic heterocycles. The van der Waals surface area contributed by atoms with Crippen molar-refractivity contribution in [2.45, 2.75) is 179 Å². The van der Waals surface area contributed by atoms with E-state index in [1.54, 1.807) is 53.8 Å². The molecular formula is C40H74O6. The molecule has 1 aromatic carbocycles. The molecule has 6 heteroatoms. The zero-order valence-corrected chi connectivity index (χ0v) is 31.9. The van der Waals surface area contributed by atoms with Gasteiger partial charge in [0.05, 0.1) is 0 Å². The SMILES string of the molecule is CCC(C)(CCCCCCCCCC(OC)(OC)OC)c1ccccc1C(C)(CC)CCCCCCCCCC(OC)(OC)OC. The molecule has 2 atom stereocenters. The van der Waals surface area contributed by atoms with Gasteiger partial charge in [0.15, 0.2) is 0 Å². The first-order valence-corrected chi connectivity index (χ1v) is 18.5. The minimum Gasteiger partial charge on any atom is -0.331 e. The van der Waals surface area contributed by atoms with Crippen LogP contribution in [0.2, 0.25) is 0 Å². The van der Waals surface area contributed by atoms with E-state index in [2.05, 4.69) is 52.0 Å². The van der Waals surface area contributed by atoms with Crippen molar-refractivity contribution >= 4 is 0 Å². The maximum absolute atomic E-state index is 5.42. The fraction of sp³-hybridized carbons (Fsp3) is 0.850. The zero-order valence-electron chi connectivity index (χ0n) is 31.9. The van der Waals surface area contributed by atoms with Crippen LogP contribution in [0.5, 0.6) is 0 Å². The Hall–Kier alpha value is -1.02. The number of rotatable bonds is 30. The third kappa shape index (κ3) is 13.8. The summed E-state index contributed by atoms with van der Waals surface area (Å²) in [6.45, 7) is 9.82. The number of unbranched alkanes of at least 4 members (excludes halogenated alkanes) is 12. The minimum absolute atomic E-state index is 0.225. The van der Waals surface area contributed by atoms with Crippen LogP contribution in [0, 0.1) is 0 Å². The summed E-state index contributed by atoms with van der Waals surface area (Å²) in [6, 6.07) is 9.42. The van der Waals surface area contributed by atoms with Crippen LogP contribution in [0.4, 0.5) is 0 Å². The van der Waals surface area contributed by atoms with Crippen LogP contribution in [-0.4, -0.2) is 54.6 Å². The van der Waals surface area contributed by atoms with E-state index in [4.69, 9.17) is 28.4 Å². The molecule has 0 radical (unpaired) electrons. The summed E-state index contributed by atoms with van der Waals surface area (Å²) in [5.74, 6) is -1.77. The first kappa shape index (κ1) is 43.0. The Labute approximate surface area is 285 Å². The van der Waals surface area contributed by atoms with Crippen molar-refractivity contribution in [2.24, 2.45) is 0 Å². The van der Waals surface area contributed by atoms with Gasteiger partial charge in [-0.05, 0) is 60.5 Å². The fourth-order valence-corrected chi connectivity index (χ4v) is 7.13. The van der Waals surface area contributed by atoms with Crippen molar-refractivity contribution < 1.29 is 28.4 Å². The molecule has 6 nitrogen and oxygen atoms in total. The molecule has 0 saturated heterocycles. The van der Waals surface area contributed by atoms with E-state index in [0.717, 1.165) is 25.7 Å². The Morgan fingerprint density at radius 1 is 0.391 bits per heavy atom.